The van der Waals surface area contributed by atoms with E-state index in [0.717, 1.165) is 6.92 Å². The molecule has 0 bridgehead atoms. The molecular weight excluding hydrogens is 397 g/mol. The molecule has 0 aliphatic rings. The Bertz CT molecular complexity index is 717. The van der Waals surface area contributed by atoms with Crippen molar-refractivity contribution < 1.29 is 27.5 Å². The zero-order chi connectivity index (χ0) is 21.9. The minimum absolute atomic E-state index is 0.0942. The zero-order valence-corrected chi connectivity index (χ0v) is 17.2. The first kappa shape index (κ1) is 24.2. The molecule has 158 valence electrons. The molecule has 1 rings (SSSR count). The van der Waals surface area contributed by atoms with Gasteiger partial charge >= 0.3 is 12.1 Å². The largest absolute Gasteiger partial charge is 0.460 e. The van der Waals surface area contributed by atoms with Gasteiger partial charge in [-0.25, -0.2) is 0 Å². The Morgan fingerprint density at radius 1 is 1.21 bits per heavy atom. The quantitative estimate of drug-likeness (QED) is 0.654. The standard InChI is InChI=1S/C19H26ClF3N2O3/c1-10(8-15(26)28-18(3,4)5)12-6-7-13(20)14(9-12)25-17(27)16(24)11(2)19(21,22)23/h6-7,9-11,16H,8,24H2,1-5H3,(H,25,27)/t10-,11?,16?/m0/s1. The summed E-state index contributed by atoms with van der Waals surface area (Å²) >= 11 is 6.04. The molecule has 0 saturated heterocycles. The number of hydrogen-bond donors (Lipinski definition) is 2. The van der Waals surface area contributed by atoms with Crippen molar-refractivity contribution in [2.75, 3.05) is 5.32 Å². The molecule has 0 fully saturated rings. The average Bonchev–Trinajstić information content (AvgIpc) is 2.52. The molecule has 0 radical (unpaired) electrons. The third kappa shape index (κ3) is 7.31. The smallest absolute Gasteiger partial charge is 0.393 e. The summed E-state index contributed by atoms with van der Waals surface area (Å²) in [6.45, 7) is 7.91. The van der Waals surface area contributed by atoms with Crippen molar-refractivity contribution >= 4 is 29.2 Å². The van der Waals surface area contributed by atoms with Crippen LogP contribution >= 0.6 is 11.6 Å². The second kappa shape index (κ2) is 9.13. The van der Waals surface area contributed by atoms with Crippen molar-refractivity contribution in [3.05, 3.63) is 28.8 Å². The molecule has 2 unspecified atom stereocenters. The maximum absolute atomic E-state index is 12.8. The lowest BCUT2D eigenvalue weighted by molar-refractivity contribution is -0.176. The van der Waals surface area contributed by atoms with E-state index >= 15 is 0 Å². The molecule has 0 heterocycles. The maximum Gasteiger partial charge on any atom is 0.393 e. The van der Waals surface area contributed by atoms with Crippen molar-refractivity contribution in [1.29, 1.82) is 0 Å². The van der Waals surface area contributed by atoms with E-state index < -0.39 is 29.6 Å². The number of alkyl halides is 3. The number of benzene rings is 1. The fourth-order valence-corrected chi connectivity index (χ4v) is 2.51. The first-order valence-electron chi connectivity index (χ1n) is 8.76. The van der Waals surface area contributed by atoms with Gasteiger partial charge in [-0.15, -0.1) is 0 Å². The van der Waals surface area contributed by atoms with Crippen LogP contribution in [0.4, 0.5) is 18.9 Å². The van der Waals surface area contributed by atoms with Crippen LogP contribution in [0.15, 0.2) is 18.2 Å². The summed E-state index contributed by atoms with van der Waals surface area (Å²) in [6, 6.07) is 2.90. The second-order valence-electron chi connectivity index (χ2n) is 7.78. The Balaban J connectivity index is 2.90. The summed E-state index contributed by atoms with van der Waals surface area (Å²) in [7, 11) is 0. The molecule has 3 atom stereocenters. The Kier molecular flexibility index (Phi) is 7.91. The first-order chi connectivity index (χ1) is 12.6. The highest BCUT2D eigenvalue weighted by Crippen LogP contribution is 2.31. The van der Waals surface area contributed by atoms with E-state index in [-0.39, 0.29) is 29.0 Å². The molecule has 1 amide bonds. The van der Waals surface area contributed by atoms with Crippen LogP contribution in [0.2, 0.25) is 5.02 Å². The van der Waals surface area contributed by atoms with Crippen LogP contribution in [0.1, 0.15) is 52.5 Å². The molecule has 0 aromatic heterocycles. The number of carbonyl (C=O) groups excluding carboxylic acids is 2. The molecule has 1 aromatic rings. The first-order valence-corrected chi connectivity index (χ1v) is 9.14. The van der Waals surface area contributed by atoms with Gasteiger partial charge in [0.2, 0.25) is 5.91 Å². The summed E-state index contributed by atoms with van der Waals surface area (Å²) in [5.41, 5.74) is 5.62. The van der Waals surface area contributed by atoms with Crippen LogP contribution in [-0.4, -0.2) is 29.7 Å². The molecule has 0 spiro atoms. The molecule has 1 aromatic carbocycles. The number of nitrogens with two attached hydrogens (primary N) is 1. The van der Waals surface area contributed by atoms with Gasteiger partial charge in [0, 0.05) is 0 Å². The fourth-order valence-electron chi connectivity index (χ4n) is 2.34. The van der Waals surface area contributed by atoms with Crippen molar-refractivity contribution in [2.24, 2.45) is 11.7 Å². The van der Waals surface area contributed by atoms with E-state index in [0.29, 0.717) is 5.56 Å². The number of hydrogen-bond acceptors (Lipinski definition) is 4. The Labute approximate surface area is 167 Å². The highest BCUT2D eigenvalue weighted by molar-refractivity contribution is 6.33. The third-order valence-corrected chi connectivity index (χ3v) is 4.40. The number of nitrogens with one attached hydrogen (secondary N) is 1. The molecule has 5 nitrogen and oxygen atoms in total. The molecule has 3 N–H and O–H groups in total. The van der Waals surface area contributed by atoms with Crippen LogP contribution in [0, 0.1) is 5.92 Å². The van der Waals surface area contributed by atoms with E-state index in [1.807, 2.05) is 0 Å². The van der Waals surface area contributed by atoms with Gasteiger partial charge in [0.25, 0.3) is 0 Å². The van der Waals surface area contributed by atoms with Gasteiger partial charge in [-0.2, -0.15) is 13.2 Å². The average molecular weight is 423 g/mol. The molecule has 9 heteroatoms. The second-order valence-corrected chi connectivity index (χ2v) is 8.18. The molecular formula is C19H26ClF3N2O3. The fraction of sp³-hybridized carbons (Fsp3) is 0.579. The zero-order valence-electron chi connectivity index (χ0n) is 16.5. The van der Waals surface area contributed by atoms with Crippen LogP contribution in [0.5, 0.6) is 0 Å². The number of anilines is 1. The normalized spacial score (nSPS) is 15.5. The van der Waals surface area contributed by atoms with Gasteiger partial charge < -0.3 is 15.8 Å². The summed E-state index contributed by atoms with van der Waals surface area (Å²) < 4.78 is 43.6. The summed E-state index contributed by atoms with van der Waals surface area (Å²) in [5.74, 6) is -3.66. The lowest BCUT2D eigenvalue weighted by Gasteiger charge is -2.23. The van der Waals surface area contributed by atoms with Gasteiger partial charge in [-0.1, -0.05) is 31.5 Å². The van der Waals surface area contributed by atoms with E-state index in [9.17, 15) is 22.8 Å². The minimum Gasteiger partial charge on any atom is -0.460 e. The van der Waals surface area contributed by atoms with Crippen LogP contribution < -0.4 is 11.1 Å². The number of rotatable bonds is 6. The van der Waals surface area contributed by atoms with Gasteiger partial charge in [-0.05, 0) is 44.4 Å². The van der Waals surface area contributed by atoms with Crippen molar-refractivity contribution in [3.8, 4) is 0 Å². The predicted molar refractivity (Wildman–Crippen MR) is 102 cm³/mol. The Morgan fingerprint density at radius 3 is 2.29 bits per heavy atom. The van der Waals surface area contributed by atoms with Gasteiger partial charge in [-0.3, -0.25) is 9.59 Å². The maximum atomic E-state index is 12.8. The monoisotopic (exact) mass is 422 g/mol. The lowest BCUT2D eigenvalue weighted by Crippen LogP contribution is -2.46. The highest BCUT2D eigenvalue weighted by Gasteiger charge is 2.42. The predicted octanol–water partition coefficient (Wildman–Crippen LogP) is 4.64. The van der Waals surface area contributed by atoms with E-state index in [1.54, 1.807) is 33.8 Å². The molecule has 0 saturated carbocycles. The molecule has 28 heavy (non-hydrogen) atoms. The van der Waals surface area contributed by atoms with Crippen LogP contribution in [0.25, 0.3) is 0 Å². The number of esters is 1. The van der Waals surface area contributed by atoms with Gasteiger partial charge in [0.05, 0.1) is 29.1 Å². The SMILES string of the molecule is CC(C(N)C(=O)Nc1cc([C@@H](C)CC(=O)OC(C)(C)C)ccc1Cl)C(F)(F)F. The third-order valence-electron chi connectivity index (χ3n) is 4.07. The van der Waals surface area contributed by atoms with E-state index in [4.69, 9.17) is 22.1 Å². The number of carbonyl (C=O) groups is 2. The van der Waals surface area contributed by atoms with Crippen LogP contribution in [-0.2, 0) is 14.3 Å². The number of amides is 1. The minimum atomic E-state index is -4.59. The van der Waals surface area contributed by atoms with Crippen molar-refractivity contribution in [3.63, 3.8) is 0 Å². The topological polar surface area (TPSA) is 81.4 Å². The van der Waals surface area contributed by atoms with Crippen molar-refractivity contribution in [2.45, 2.75) is 64.8 Å². The van der Waals surface area contributed by atoms with Gasteiger partial charge in [0.1, 0.15) is 5.60 Å². The van der Waals surface area contributed by atoms with Crippen LogP contribution in [0.3, 0.4) is 0 Å². The molecule has 0 aliphatic carbocycles. The van der Waals surface area contributed by atoms with Crippen molar-refractivity contribution in [1.82, 2.24) is 0 Å². The summed E-state index contributed by atoms with van der Waals surface area (Å²) in [4.78, 5) is 24.1. The van der Waals surface area contributed by atoms with Gasteiger partial charge in [0.15, 0.2) is 0 Å². The van der Waals surface area contributed by atoms with E-state index in [1.165, 1.54) is 12.1 Å². The summed E-state index contributed by atoms with van der Waals surface area (Å²) in [5, 5.41) is 2.48. The Morgan fingerprint density at radius 2 is 1.79 bits per heavy atom. The molecule has 0 aliphatic heterocycles. The Hall–Kier alpha value is -1.80. The van der Waals surface area contributed by atoms with E-state index in [2.05, 4.69) is 5.32 Å². The lowest BCUT2D eigenvalue weighted by atomic mass is 9.97. The number of ether oxygens (including phenoxy) is 1. The highest BCUT2D eigenvalue weighted by atomic mass is 35.5. The number of halogens is 4. The summed E-state index contributed by atoms with van der Waals surface area (Å²) in [6.07, 6.45) is -4.50.